The van der Waals surface area contributed by atoms with Gasteiger partial charge in [0.25, 0.3) is 5.56 Å². The average molecular weight is 215 g/mol. The predicted molar refractivity (Wildman–Crippen MR) is 59.0 cm³/mol. The van der Waals surface area contributed by atoms with Crippen LogP contribution in [0.3, 0.4) is 0 Å². The Morgan fingerprint density at radius 3 is 3.00 bits per heavy atom. The molecule has 1 aliphatic rings. The Morgan fingerprint density at radius 2 is 2.29 bits per heavy atom. The molecule has 2 heterocycles. The Labute approximate surface area is 89.5 Å². The van der Waals surface area contributed by atoms with Crippen LogP contribution in [0, 0.1) is 0 Å². The molecule has 0 amide bonds. The molecule has 1 aromatic heterocycles. The number of nitrogens with one attached hydrogen (secondary N) is 1. The maximum Gasteiger partial charge on any atom is 0.250 e. The molecular weight excluding hydrogens is 200 g/mol. The minimum atomic E-state index is 0. The number of aromatic nitrogens is 1. The van der Waals surface area contributed by atoms with Gasteiger partial charge in [-0.25, -0.2) is 0 Å². The SMILES string of the molecule is CCn1c2c(ccc1=O)CNCC2.Cl. The molecule has 0 saturated carbocycles. The van der Waals surface area contributed by atoms with Gasteiger partial charge in [-0.3, -0.25) is 4.79 Å². The van der Waals surface area contributed by atoms with Crippen molar-refractivity contribution in [2.45, 2.75) is 26.4 Å². The lowest BCUT2D eigenvalue weighted by Crippen LogP contribution is -2.31. The summed E-state index contributed by atoms with van der Waals surface area (Å²) in [6, 6.07) is 3.60. The standard InChI is InChI=1S/C10H14N2O.ClH/c1-2-12-9-5-6-11-7-8(9)3-4-10(12)13;/h3-4,11H,2,5-7H2,1H3;1H. The maximum absolute atomic E-state index is 11.5. The number of pyridine rings is 1. The summed E-state index contributed by atoms with van der Waals surface area (Å²) in [5.74, 6) is 0. The van der Waals surface area contributed by atoms with Crippen LogP contribution in [0.4, 0.5) is 0 Å². The van der Waals surface area contributed by atoms with Crippen molar-refractivity contribution >= 4 is 12.4 Å². The second kappa shape index (κ2) is 4.62. The van der Waals surface area contributed by atoms with Crippen LogP contribution in [0.5, 0.6) is 0 Å². The molecule has 0 aliphatic carbocycles. The molecule has 1 aliphatic heterocycles. The Morgan fingerprint density at radius 1 is 1.50 bits per heavy atom. The molecule has 3 nitrogen and oxygen atoms in total. The molecule has 0 unspecified atom stereocenters. The zero-order valence-electron chi connectivity index (χ0n) is 8.25. The number of rotatable bonds is 1. The minimum absolute atomic E-state index is 0. The first-order valence-corrected chi connectivity index (χ1v) is 4.75. The molecule has 0 bridgehead atoms. The van der Waals surface area contributed by atoms with E-state index in [0.29, 0.717) is 0 Å². The highest BCUT2D eigenvalue weighted by Gasteiger charge is 2.12. The second-order valence-corrected chi connectivity index (χ2v) is 3.31. The molecule has 14 heavy (non-hydrogen) atoms. The van der Waals surface area contributed by atoms with Crippen molar-refractivity contribution in [1.29, 1.82) is 0 Å². The lowest BCUT2D eigenvalue weighted by Gasteiger charge is -2.20. The highest BCUT2D eigenvalue weighted by atomic mass is 35.5. The number of hydrogen-bond donors (Lipinski definition) is 1. The van der Waals surface area contributed by atoms with E-state index in [1.807, 2.05) is 17.6 Å². The molecule has 4 heteroatoms. The average Bonchev–Trinajstić information content (AvgIpc) is 2.18. The third-order valence-electron chi connectivity index (χ3n) is 2.56. The summed E-state index contributed by atoms with van der Waals surface area (Å²) >= 11 is 0. The monoisotopic (exact) mass is 214 g/mol. The van der Waals surface area contributed by atoms with Gasteiger partial charge in [0.2, 0.25) is 0 Å². The molecule has 2 rings (SSSR count). The molecule has 0 radical (unpaired) electrons. The highest BCUT2D eigenvalue weighted by molar-refractivity contribution is 5.85. The fourth-order valence-electron chi connectivity index (χ4n) is 1.90. The fraction of sp³-hybridized carbons (Fsp3) is 0.500. The normalized spacial score (nSPS) is 14.4. The molecule has 1 aromatic rings. The van der Waals surface area contributed by atoms with Gasteiger partial charge in [-0.1, -0.05) is 6.07 Å². The number of hydrogen-bond acceptors (Lipinski definition) is 2. The van der Waals surface area contributed by atoms with E-state index in [1.54, 1.807) is 6.07 Å². The third-order valence-corrected chi connectivity index (χ3v) is 2.56. The quantitative estimate of drug-likeness (QED) is 0.755. The lowest BCUT2D eigenvalue weighted by atomic mass is 10.1. The third kappa shape index (κ3) is 1.83. The largest absolute Gasteiger partial charge is 0.313 e. The lowest BCUT2D eigenvalue weighted by molar-refractivity contribution is 0.574. The van der Waals surface area contributed by atoms with E-state index in [9.17, 15) is 4.79 Å². The van der Waals surface area contributed by atoms with Gasteiger partial charge in [0.1, 0.15) is 0 Å². The molecule has 0 fully saturated rings. The van der Waals surface area contributed by atoms with Crippen LogP contribution in [0.15, 0.2) is 16.9 Å². The molecule has 78 valence electrons. The zero-order valence-corrected chi connectivity index (χ0v) is 9.06. The smallest absolute Gasteiger partial charge is 0.250 e. The summed E-state index contributed by atoms with van der Waals surface area (Å²) in [4.78, 5) is 11.5. The second-order valence-electron chi connectivity index (χ2n) is 3.31. The Balaban J connectivity index is 0.000000980. The van der Waals surface area contributed by atoms with Crippen molar-refractivity contribution in [2.75, 3.05) is 6.54 Å². The Hall–Kier alpha value is -0.800. The van der Waals surface area contributed by atoms with Crippen molar-refractivity contribution < 1.29 is 0 Å². The Kier molecular flexibility index (Phi) is 3.72. The minimum Gasteiger partial charge on any atom is -0.313 e. The van der Waals surface area contributed by atoms with Crippen molar-refractivity contribution in [2.24, 2.45) is 0 Å². The van der Waals surface area contributed by atoms with Crippen LogP contribution in [0.2, 0.25) is 0 Å². The topological polar surface area (TPSA) is 34.0 Å². The van der Waals surface area contributed by atoms with Crippen LogP contribution in [0.1, 0.15) is 18.2 Å². The van der Waals surface area contributed by atoms with E-state index in [1.165, 1.54) is 11.3 Å². The molecule has 0 saturated heterocycles. The molecular formula is C10H15ClN2O. The van der Waals surface area contributed by atoms with Crippen LogP contribution in [-0.2, 0) is 19.5 Å². The van der Waals surface area contributed by atoms with Gasteiger partial charge in [0, 0.05) is 37.8 Å². The van der Waals surface area contributed by atoms with Gasteiger partial charge in [-0.05, 0) is 12.5 Å². The van der Waals surface area contributed by atoms with Crippen molar-refractivity contribution in [3.05, 3.63) is 33.7 Å². The maximum atomic E-state index is 11.5. The number of halogens is 1. The Bertz CT molecular complexity index is 373. The van der Waals surface area contributed by atoms with Crippen molar-refractivity contribution in [1.82, 2.24) is 9.88 Å². The van der Waals surface area contributed by atoms with E-state index in [0.717, 1.165) is 26.1 Å². The van der Waals surface area contributed by atoms with Gasteiger partial charge < -0.3 is 9.88 Å². The van der Waals surface area contributed by atoms with Gasteiger partial charge in [-0.15, -0.1) is 12.4 Å². The van der Waals surface area contributed by atoms with E-state index >= 15 is 0 Å². The van der Waals surface area contributed by atoms with E-state index in [-0.39, 0.29) is 18.0 Å². The predicted octanol–water partition coefficient (Wildman–Crippen LogP) is 0.936. The summed E-state index contributed by atoms with van der Waals surface area (Å²) in [6.45, 7) is 4.68. The number of fused-ring (bicyclic) bond motifs is 1. The van der Waals surface area contributed by atoms with Gasteiger partial charge in [0.15, 0.2) is 0 Å². The van der Waals surface area contributed by atoms with E-state index < -0.39 is 0 Å². The summed E-state index contributed by atoms with van der Waals surface area (Å²) < 4.78 is 1.87. The van der Waals surface area contributed by atoms with Gasteiger partial charge in [-0.2, -0.15) is 0 Å². The first-order valence-electron chi connectivity index (χ1n) is 4.75. The zero-order chi connectivity index (χ0) is 9.26. The molecule has 0 aromatic carbocycles. The van der Waals surface area contributed by atoms with Crippen LogP contribution < -0.4 is 10.9 Å². The summed E-state index contributed by atoms with van der Waals surface area (Å²) in [5.41, 5.74) is 2.62. The van der Waals surface area contributed by atoms with Crippen molar-refractivity contribution in [3.8, 4) is 0 Å². The summed E-state index contributed by atoms with van der Waals surface area (Å²) in [5, 5.41) is 3.30. The molecule has 0 spiro atoms. The first kappa shape index (κ1) is 11.3. The van der Waals surface area contributed by atoms with Crippen LogP contribution >= 0.6 is 12.4 Å². The van der Waals surface area contributed by atoms with E-state index in [4.69, 9.17) is 0 Å². The van der Waals surface area contributed by atoms with E-state index in [2.05, 4.69) is 5.32 Å². The number of nitrogens with zero attached hydrogens (tertiary/aromatic N) is 1. The van der Waals surface area contributed by atoms with Crippen LogP contribution in [0.25, 0.3) is 0 Å². The molecule has 1 N–H and O–H groups in total. The van der Waals surface area contributed by atoms with Crippen LogP contribution in [-0.4, -0.2) is 11.1 Å². The first-order chi connectivity index (χ1) is 6.33. The van der Waals surface area contributed by atoms with Gasteiger partial charge >= 0.3 is 0 Å². The molecule has 0 atom stereocenters. The van der Waals surface area contributed by atoms with Gasteiger partial charge in [0.05, 0.1) is 0 Å². The fourth-order valence-corrected chi connectivity index (χ4v) is 1.90. The highest BCUT2D eigenvalue weighted by Crippen LogP contribution is 2.10. The van der Waals surface area contributed by atoms with Crippen molar-refractivity contribution in [3.63, 3.8) is 0 Å². The summed E-state index contributed by atoms with van der Waals surface area (Å²) in [7, 11) is 0. The summed E-state index contributed by atoms with van der Waals surface area (Å²) in [6.07, 6.45) is 0.971.